The molecule has 0 saturated heterocycles. The number of benzene rings is 1. The first-order chi connectivity index (χ1) is 6.34. The van der Waals surface area contributed by atoms with Gasteiger partial charge in [0, 0.05) is 15.8 Å². The first-order valence-electron chi connectivity index (χ1n) is 4.39. The molecule has 0 atom stereocenters. The number of aromatic nitrogens is 1. The fraction of sp³-hybridized carbons (Fsp3) is 0.300. The number of halogens is 1. The maximum Gasteiger partial charge on any atom is 0.167 e. The molecule has 1 aromatic heterocycles. The van der Waals surface area contributed by atoms with Crippen LogP contribution in [-0.4, -0.2) is 5.16 Å². The van der Waals surface area contributed by atoms with Crippen molar-refractivity contribution in [3.05, 3.63) is 28.4 Å². The Hall–Kier alpha value is -0.830. The van der Waals surface area contributed by atoms with Crippen LogP contribution in [0.2, 0.25) is 0 Å². The molecule has 0 radical (unpaired) electrons. The molecule has 1 heterocycles. The lowest BCUT2D eigenvalue weighted by Crippen LogP contribution is -1.78. The van der Waals surface area contributed by atoms with E-state index in [0.29, 0.717) is 5.92 Å². The van der Waals surface area contributed by atoms with Crippen molar-refractivity contribution >= 4 is 26.9 Å². The van der Waals surface area contributed by atoms with E-state index >= 15 is 0 Å². The molecule has 2 aromatic rings. The molecule has 66 valence electrons. The molecule has 1 saturated carbocycles. The Morgan fingerprint density at radius 2 is 2.23 bits per heavy atom. The van der Waals surface area contributed by atoms with E-state index in [-0.39, 0.29) is 0 Å². The van der Waals surface area contributed by atoms with Crippen LogP contribution < -0.4 is 0 Å². The Morgan fingerprint density at radius 3 is 3.00 bits per heavy atom. The third kappa shape index (κ3) is 1.18. The highest BCUT2D eigenvalue weighted by Gasteiger charge is 2.28. The molecule has 0 amide bonds. The molecule has 13 heavy (non-hydrogen) atoms. The second-order valence-corrected chi connectivity index (χ2v) is 4.40. The van der Waals surface area contributed by atoms with Crippen LogP contribution in [0.15, 0.2) is 27.2 Å². The number of hydrogen-bond acceptors (Lipinski definition) is 2. The van der Waals surface area contributed by atoms with Gasteiger partial charge in [-0.05, 0) is 31.0 Å². The predicted octanol–water partition coefficient (Wildman–Crippen LogP) is 3.47. The van der Waals surface area contributed by atoms with Gasteiger partial charge in [0.1, 0.15) is 0 Å². The van der Waals surface area contributed by atoms with E-state index in [1.165, 1.54) is 12.8 Å². The standard InChI is InChI=1S/C10H8BrNO/c11-7-3-4-9-8(5-7)10(12-13-9)6-1-2-6/h3-6H,1-2H2. The second kappa shape index (κ2) is 2.58. The Bertz CT molecular complexity index is 459. The van der Waals surface area contributed by atoms with Crippen molar-refractivity contribution in [2.75, 3.05) is 0 Å². The first-order valence-corrected chi connectivity index (χ1v) is 5.19. The molecule has 1 aromatic carbocycles. The zero-order valence-corrected chi connectivity index (χ0v) is 8.54. The third-order valence-corrected chi connectivity index (χ3v) is 2.92. The van der Waals surface area contributed by atoms with E-state index < -0.39 is 0 Å². The van der Waals surface area contributed by atoms with Crippen molar-refractivity contribution in [2.45, 2.75) is 18.8 Å². The summed E-state index contributed by atoms with van der Waals surface area (Å²) in [5.74, 6) is 0.649. The van der Waals surface area contributed by atoms with Crippen LogP contribution in [0.1, 0.15) is 24.5 Å². The summed E-state index contributed by atoms with van der Waals surface area (Å²) in [6.07, 6.45) is 2.52. The highest BCUT2D eigenvalue weighted by molar-refractivity contribution is 9.10. The van der Waals surface area contributed by atoms with Gasteiger partial charge in [-0.2, -0.15) is 0 Å². The molecule has 2 nitrogen and oxygen atoms in total. The number of hydrogen-bond donors (Lipinski definition) is 0. The van der Waals surface area contributed by atoms with E-state index in [1.807, 2.05) is 12.1 Å². The lowest BCUT2D eigenvalue weighted by Gasteiger charge is -1.91. The fourth-order valence-electron chi connectivity index (χ4n) is 1.58. The molecule has 1 fully saturated rings. The minimum Gasteiger partial charge on any atom is -0.356 e. The Labute approximate surface area is 84.0 Å². The second-order valence-electron chi connectivity index (χ2n) is 3.48. The van der Waals surface area contributed by atoms with Gasteiger partial charge in [-0.1, -0.05) is 21.1 Å². The predicted molar refractivity (Wildman–Crippen MR) is 53.7 cm³/mol. The smallest absolute Gasteiger partial charge is 0.167 e. The highest BCUT2D eigenvalue weighted by Crippen LogP contribution is 2.42. The topological polar surface area (TPSA) is 26.0 Å². The normalized spacial score (nSPS) is 16.7. The Morgan fingerprint density at radius 1 is 1.38 bits per heavy atom. The summed E-state index contributed by atoms with van der Waals surface area (Å²) in [6.45, 7) is 0. The highest BCUT2D eigenvalue weighted by atomic mass is 79.9. The average Bonchev–Trinajstić information content (AvgIpc) is 2.87. The van der Waals surface area contributed by atoms with Crippen LogP contribution in [0.4, 0.5) is 0 Å². The molecule has 0 spiro atoms. The first kappa shape index (κ1) is 7.56. The van der Waals surface area contributed by atoms with E-state index in [0.717, 1.165) is 21.1 Å². The van der Waals surface area contributed by atoms with Gasteiger partial charge in [-0.15, -0.1) is 0 Å². The van der Waals surface area contributed by atoms with Gasteiger partial charge in [-0.25, -0.2) is 0 Å². The number of rotatable bonds is 1. The number of fused-ring (bicyclic) bond motifs is 1. The molecular weight excluding hydrogens is 230 g/mol. The Kier molecular flexibility index (Phi) is 1.50. The van der Waals surface area contributed by atoms with Gasteiger partial charge in [0.25, 0.3) is 0 Å². The summed E-state index contributed by atoms with van der Waals surface area (Å²) in [5, 5.41) is 5.27. The average molecular weight is 238 g/mol. The SMILES string of the molecule is Brc1ccc2onc(C3CC3)c2c1. The summed E-state index contributed by atoms with van der Waals surface area (Å²) in [5.41, 5.74) is 2.03. The lowest BCUT2D eigenvalue weighted by atomic mass is 10.1. The Balaban J connectivity index is 2.29. The molecule has 0 N–H and O–H groups in total. The van der Waals surface area contributed by atoms with E-state index in [9.17, 15) is 0 Å². The third-order valence-electron chi connectivity index (χ3n) is 2.42. The van der Waals surface area contributed by atoms with E-state index in [4.69, 9.17) is 4.52 Å². The monoisotopic (exact) mass is 237 g/mol. The molecular formula is C10H8BrNO. The molecule has 0 unspecified atom stereocenters. The van der Waals surface area contributed by atoms with Crippen LogP contribution >= 0.6 is 15.9 Å². The van der Waals surface area contributed by atoms with Gasteiger partial charge in [-0.3, -0.25) is 0 Å². The van der Waals surface area contributed by atoms with Crippen molar-refractivity contribution < 1.29 is 4.52 Å². The quantitative estimate of drug-likeness (QED) is 0.760. The van der Waals surface area contributed by atoms with Gasteiger partial charge in [0.2, 0.25) is 0 Å². The van der Waals surface area contributed by atoms with E-state index in [1.54, 1.807) is 0 Å². The maximum atomic E-state index is 5.23. The van der Waals surface area contributed by atoms with Crippen LogP contribution in [0.25, 0.3) is 11.0 Å². The van der Waals surface area contributed by atoms with Crippen molar-refractivity contribution in [2.24, 2.45) is 0 Å². The van der Waals surface area contributed by atoms with Crippen LogP contribution in [0.5, 0.6) is 0 Å². The van der Waals surface area contributed by atoms with Crippen molar-refractivity contribution in [1.29, 1.82) is 0 Å². The zero-order chi connectivity index (χ0) is 8.84. The van der Waals surface area contributed by atoms with Gasteiger partial charge in [0.15, 0.2) is 5.58 Å². The number of nitrogens with zero attached hydrogens (tertiary/aromatic N) is 1. The fourth-order valence-corrected chi connectivity index (χ4v) is 1.94. The molecule has 0 aliphatic heterocycles. The summed E-state index contributed by atoms with van der Waals surface area (Å²) < 4.78 is 6.32. The van der Waals surface area contributed by atoms with Crippen molar-refractivity contribution in [1.82, 2.24) is 5.16 Å². The summed E-state index contributed by atoms with van der Waals surface area (Å²) >= 11 is 3.45. The molecule has 3 heteroatoms. The molecule has 3 rings (SSSR count). The van der Waals surface area contributed by atoms with Crippen molar-refractivity contribution in [3.63, 3.8) is 0 Å². The maximum absolute atomic E-state index is 5.23. The van der Waals surface area contributed by atoms with Crippen LogP contribution in [-0.2, 0) is 0 Å². The van der Waals surface area contributed by atoms with Gasteiger partial charge in [0.05, 0.1) is 5.69 Å². The molecule has 1 aliphatic rings. The summed E-state index contributed by atoms with van der Waals surface area (Å²) in [6, 6.07) is 6.02. The summed E-state index contributed by atoms with van der Waals surface area (Å²) in [7, 11) is 0. The van der Waals surface area contributed by atoms with Crippen LogP contribution in [0.3, 0.4) is 0 Å². The van der Waals surface area contributed by atoms with Crippen molar-refractivity contribution in [3.8, 4) is 0 Å². The minimum absolute atomic E-state index is 0.649. The summed E-state index contributed by atoms with van der Waals surface area (Å²) in [4.78, 5) is 0. The lowest BCUT2D eigenvalue weighted by molar-refractivity contribution is 0.446. The van der Waals surface area contributed by atoms with Gasteiger partial charge >= 0.3 is 0 Å². The molecule has 1 aliphatic carbocycles. The van der Waals surface area contributed by atoms with Crippen LogP contribution in [0, 0.1) is 0 Å². The largest absolute Gasteiger partial charge is 0.356 e. The molecule has 0 bridgehead atoms. The van der Waals surface area contributed by atoms with E-state index in [2.05, 4.69) is 27.2 Å². The minimum atomic E-state index is 0.649. The zero-order valence-electron chi connectivity index (χ0n) is 6.96. The van der Waals surface area contributed by atoms with Gasteiger partial charge < -0.3 is 4.52 Å².